The van der Waals surface area contributed by atoms with Gasteiger partial charge < -0.3 is 37.9 Å². The van der Waals surface area contributed by atoms with Crippen molar-refractivity contribution in [3.63, 3.8) is 0 Å². The van der Waals surface area contributed by atoms with Crippen molar-refractivity contribution in [1.82, 2.24) is 55.3 Å². The predicted molar refractivity (Wildman–Crippen MR) is 244 cm³/mol. The van der Waals surface area contributed by atoms with Crippen LogP contribution in [-0.4, -0.2) is 105 Å². The van der Waals surface area contributed by atoms with Crippen molar-refractivity contribution < 1.29 is 46.7 Å². The number of rotatable bonds is 10. The lowest BCUT2D eigenvalue weighted by Gasteiger charge is -2.41. The third-order valence-corrected chi connectivity index (χ3v) is 12.6. The van der Waals surface area contributed by atoms with Gasteiger partial charge in [-0.2, -0.15) is 0 Å². The van der Waals surface area contributed by atoms with Crippen molar-refractivity contribution in [2.75, 3.05) is 33.2 Å². The predicted octanol–water partition coefficient (Wildman–Crippen LogP) is 4.98. The quantitative estimate of drug-likeness (QED) is 0.136. The van der Waals surface area contributed by atoms with E-state index in [1.807, 2.05) is 64.3 Å². The van der Waals surface area contributed by atoms with E-state index in [0.29, 0.717) is 16.8 Å². The molecule has 0 radical (unpaired) electrons. The van der Waals surface area contributed by atoms with Gasteiger partial charge in [0.05, 0.1) is 20.1 Å². The van der Waals surface area contributed by atoms with Crippen molar-refractivity contribution in [3.05, 3.63) is 131 Å². The van der Waals surface area contributed by atoms with Gasteiger partial charge in [-0.3, -0.25) is 4.90 Å². The first kappa shape index (κ1) is 46.5. The zero-order valence-electron chi connectivity index (χ0n) is 37.8. The van der Waals surface area contributed by atoms with Gasteiger partial charge in [-0.25, -0.2) is 28.1 Å². The van der Waals surface area contributed by atoms with Gasteiger partial charge in [0.25, 0.3) is 0 Å². The number of piperidine rings is 2. The van der Waals surface area contributed by atoms with Gasteiger partial charge >= 0.3 is 0 Å². The van der Waals surface area contributed by atoms with Crippen molar-refractivity contribution in [1.29, 1.82) is 0 Å². The molecule has 2 aliphatic heterocycles. The molecule has 10 rings (SSSR count). The molecule has 2 aliphatic rings. The van der Waals surface area contributed by atoms with Crippen molar-refractivity contribution in [2.45, 2.75) is 64.8 Å². The summed E-state index contributed by atoms with van der Waals surface area (Å²) in [7, 11) is 6.01. The number of hydrogen-bond acceptors (Lipinski definition) is 11. The van der Waals surface area contributed by atoms with Gasteiger partial charge in [-0.05, 0) is 77.4 Å². The molecular weight excluding hydrogens is 954 g/mol. The second-order valence-electron chi connectivity index (χ2n) is 17.5. The van der Waals surface area contributed by atoms with Gasteiger partial charge in [0.2, 0.25) is 0 Å². The molecule has 0 aliphatic carbocycles. The molecule has 342 valence electrons. The Bertz CT molecular complexity index is 2950. The molecule has 14 nitrogen and oxygen atoms in total. The summed E-state index contributed by atoms with van der Waals surface area (Å²) < 4.78 is 45.5. The number of aromatic nitrogens is 10. The number of quaternary nitrogens is 1. The molecule has 4 aromatic heterocycles. The van der Waals surface area contributed by atoms with E-state index in [-0.39, 0.29) is 47.8 Å². The van der Waals surface area contributed by atoms with Crippen LogP contribution in [-0.2, 0) is 27.2 Å². The highest BCUT2D eigenvalue weighted by molar-refractivity contribution is 5.86. The number of benzene rings is 4. The van der Waals surface area contributed by atoms with Crippen molar-refractivity contribution >= 4 is 21.8 Å². The highest BCUT2D eigenvalue weighted by atomic mass is 127. The molecule has 4 aromatic carbocycles. The average Bonchev–Trinajstić information content (AvgIpc) is 3.93. The summed E-state index contributed by atoms with van der Waals surface area (Å²) in [5.74, 6) is 2.35. The smallest absolute Gasteiger partial charge is 0.182 e. The number of tetrazole rings is 2. The lowest BCUT2D eigenvalue weighted by Crippen LogP contribution is -3.00. The normalized spacial score (nSPS) is 17.8. The zero-order chi connectivity index (χ0) is 45.1. The minimum absolute atomic E-state index is 0. The molecule has 0 unspecified atom stereocenters. The summed E-state index contributed by atoms with van der Waals surface area (Å²) in [5, 5.41) is 25.4. The van der Waals surface area contributed by atoms with E-state index < -0.39 is 0 Å². The SMILES string of the molecule is Cc1cc(OC2CCN(Cc3ccccc3-c3nnnn3C)CC2)c2cccc(F)c2n1.Cc1cc(OC2CC[N+](C)(Cc3ccccc3-c3nnnn3C)CC2)c2cccc(F)c2n1.[I-]. The molecule has 8 aromatic rings. The molecule has 0 bridgehead atoms. The molecule has 17 heteroatoms. The number of aryl methyl sites for hydroxylation is 4. The maximum atomic E-state index is 14.3. The first-order chi connectivity index (χ1) is 31.5. The Morgan fingerprint density at radius 2 is 1.09 bits per heavy atom. The molecule has 0 atom stereocenters. The molecule has 6 heterocycles. The van der Waals surface area contributed by atoms with E-state index in [9.17, 15) is 8.78 Å². The Balaban J connectivity index is 0.000000177. The summed E-state index contributed by atoms with van der Waals surface area (Å²) in [4.78, 5) is 11.1. The topological polar surface area (TPSA) is 135 Å². The standard InChI is InChI=1S/C25H28FN6O.C24H25FN6O.HI/c1-17-15-23(21-9-6-10-22(26)24(21)27-17)33-19-11-13-32(3,14-12-19)16-18-7-4-5-8-20(18)25-28-29-30-31(25)2;1-16-14-22(20-8-5-9-21(25)23(20)26-16)32-18-10-12-31(13-11-18)15-17-6-3-4-7-19(17)24-27-28-29-30(24)2;/h4-10,15,19H,11-14,16H2,1-3H3;3-9,14,18H,10-13,15H2,1-2H3;1H/q+1;;/p-1. The number of para-hydroxylation sites is 2. The summed E-state index contributed by atoms with van der Waals surface area (Å²) in [5.41, 5.74) is 6.83. The first-order valence-corrected chi connectivity index (χ1v) is 22.1. The minimum atomic E-state index is -0.317. The van der Waals surface area contributed by atoms with Crippen LogP contribution in [0.5, 0.6) is 11.5 Å². The van der Waals surface area contributed by atoms with Gasteiger partial charge in [0, 0.05) is 97.6 Å². The fraction of sp³-hybridized carbons (Fsp3) is 0.347. The molecule has 0 spiro atoms. The minimum Gasteiger partial charge on any atom is -1.00 e. The molecule has 0 saturated carbocycles. The van der Waals surface area contributed by atoms with Gasteiger partial charge in [-0.15, -0.1) is 10.2 Å². The van der Waals surface area contributed by atoms with Crippen LogP contribution in [0.4, 0.5) is 8.78 Å². The van der Waals surface area contributed by atoms with Crippen LogP contribution in [0.3, 0.4) is 0 Å². The molecule has 0 amide bonds. The highest BCUT2D eigenvalue weighted by Gasteiger charge is 2.33. The van der Waals surface area contributed by atoms with Gasteiger partial charge in [0.15, 0.2) is 11.6 Å². The molecule has 2 fully saturated rings. The third-order valence-electron chi connectivity index (χ3n) is 12.6. The molecule has 66 heavy (non-hydrogen) atoms. The Kier molecular flexibility index (Phi) is 14.2. The van der Waals surface area contributed by atoms with E-state index in [0.717, 1.165) is 120 Å². The van der Waals surface area contributed by atoms with Crippen LogP contribution in [0, 0.1) is 25.5 Å². The summed E-state index contributed by atoms with van der Waals surface area (Å²) in [6.07, 6.45) is 3.88. The average molecular weight is 1010 g/mol. The van der Waals surface area contributed by atoms with Crippen LogP contribution in [0.1, 0.15) is 48.2 Å². The van der Waals surface area contributed by atoms with E-state index in [4.69, 9.17) is 9.47 Å². The Morgan fingerprint density at radius 3 is 1.59 bits per heavy atom. The lowest BCUT2D eigenvalue weighted by atomic mass is 10.0. The second-order valence-corrected chi connectivity index (χ2v) is 17.5. The first-order valence-electron chi connectivity index (χ1n) is 22.1. The van der Waals surface area contributed by atoms with Crippen LogP contribution in [0.2, 0.25) is 0 Å². The monoisotopic (exact) mass is 1010 g/mol. The van der Waals surface area contributed by atoms with E-state index in [1.54, 1.807) is 21.5 Å². The largest absolute Gasteiger partial charge is 1.00 e. The lowest BCUT2D eigenvalue weighted by molar-refractivity contribution is -0.927. The van der Waals surface area contributed by atoms with E-state index in [1.165, 1.54) is 23.3 Å². The number of pyridine rings is 2. The number of nitrogens with zero attached hydrogens (tertiary/aromatic N) is 12. The summed E-state index contributed by atoms with van der Waals surface area (Å²) in [6, 6.07) is 30.4. The summed E-state index contributed by atoms with van der Waals surface area (Å²) in [6.45, 7) is 9.30. The second kappa shape index (κ2) is 20.2. The van der Waals surface area contributed by atoms with Crippen LogP contribution in [0.15, 0.2) is 97.1 Å². The van der Waals surface area contributed by atoms with Crippen LogP contribution in [0.25, 0.3) is 44.6 Å². The zero-order valence-corrected chi connectivity index (χ0v) is 39.9. The highest BCUT2D eigenvalue weighted by Crippen LogP contribution is 2.33. The molecular formula is C49H53F2IN12O2. The Morgan fingerprint density at radius 1 is 0.621 bits per heavy atom. The maximum absolute atomic E-state index is 14.3. The fourth-order valence-electron chi connectivity index (χ4n) is 9.11. The van der Waals surface area contributed by atoms with Crippen LogP contribution < -0.4 is 33.5 Å². The van der Waals surface area contributed by atoms with Gasteiger partial charge in [-0.1, -0.05) is 60.7 Å². The third kappa shape index (κ3) is 10.3. The van der Waals surface area contributed by atoms with E-state index in [2.05, 4.69) is 89.4 Å². The number of halogens is 3. The number of likely N-dealkylation sites (tertiary alicyclic amines) is 2. The van der Waals surface area contributed by atoms with Crippen molar-refractivity contribution in [2.24, 2.45) is 14.1 Å². The Hall–Kier alpha value is -6.05. The Labute approximate surface area is 399 Å². The van der Waals surface area contributed by atoms with Crippen LogP contribution >= 0.6 is 0 Å². The molecule has 2 saturated heterocycles. The maximum Gasteiger partial charge on any atom is 0.182 e. The number of ether oxygens (including phenoxy) is 2. The summed E-state index contributed by atoms with van der Waals surface area (Å²) >= 11 is 0. The number of fused-ring (bicyclic) bond motifs is 2. The number of hydrogen-bond donors (Lipinski definition) is 0. The van der Waals surface area contributed by atoms with Crippen molar-refractivity contribution in [3.8, 4) is 34.3 Å². The van der Waals surface area contributed by atoms with E-state index >= 15 is 0 Å². The van der Waals surface area contributed by atoms with Gasteiger partial charge in [0.1, 0.15) is 52.9 Å². The fourth-order valence-corrected chi connectivity index (χ4v) is 9.11. The molecule has 0 N–H and O–H groups in total.